The van der Waals surface area contributed by atoms with Gasteiger partial charge in [-0.2, -0.15) is 0 Å². The van der Waals surface area contributed by atoms with Crippen LogP contribution in [0.15, 0.2) is 4.79 Å². The molecule has 2 heterocycles. The van der Waals surface area contributed by atoms with Crippen molar-refractivity contribution in [2.24, 2.45) is 0 Å². The Hall–Kier alpha value is -1.16. The molecule has 1 atom stereocenters. The van der Waals surface area contributed by atoms with E-state index >= 15 is 0 Å². The van der Waals surface area contributed by atoms with Gasteiger partial charge in [-0.25, -0.2) is 4.98 Å². The molecule has 1 aromatic heterocycles. The maximum atomic E-state index is 11.8. The molecule has 0 saturated carbocycles. The SMILES string of the molecule is CCCc1nc2c(c(=O)[nH]1)CC(C)NC2. The molecule has 2 rings (SSSR count). The molecule has 0 radical (unpaired) electrons. The summed E-state index contributed by atoms with van der Waals surface area (Å²) in [4.78, 5) is 19.1. The van der Waals surface area contributed by atoms with E-state index in [-0.39, 0.29) is 5.56 Å². The minimum Gasteiger partial charge on any atom is -0.310 e. The van der Waals surface area contributed by atoms with Gasteiger partial charge in [0.1, 0.15) is 5.82 Å². The zero-order valence-electron chi connectivity index (χ0n) is 9.26. The number of aromatic amines is 1. The largest absolute Gasteiger partial charge is 0.310 e. The monoisotopic (exact) mass is 207 g/mol. The van der Waals surface area contributed by atoms with Gasteiger partial charge in [-0.3, -0.25) is 4.79 Å². The molecule has 1 aliphatic rings. The lowest BCUT2D eigenvalue weighted by molar-refractivity contribution is 0.497. The first-order valence-corrected chi connectivity index (χ1v) is 5.55. The second kappa shape index (κ2) is 4.14. The predicted molar refractivity (Wildman–Crippen MR) is 58.9 cm³/mol. The van der Waals surface area contributed by atoms with Crippen LogP contribution in [-0.4, -0.2) is 16.0 Å². The van der Waals surface area contributed by atoms with Crippen LogP contribution in [0.25, 0.3) is 0 Å². The molecule has 4 nitrogen and oxygen atoms in total. The van der Waals surface area contributed by atoms with Gasteiger partial charge in [0.2, 0.25) is 0 Å². The van der Waals surface area contributed by atoms with E-state index in [1.165, 1.54) is 0 Å². The number of aryl methyl sites for hydroxylation is 1. The predicted octanol–water partition coefficient (Wildman–Crippen LogP) is 0.757. The standard InChI is InChI=1S/C11H17N3O/c1-3-4-10-13-9-6-12-7(2)5-8(9)11(15)14-10/h7,12H,3-6H2,1-2H3,(H,13,14,15). The second-order valence-electron chi connectivity index (χ2n) is 4.17. The lowest BCUT2D eigenvalue weighted by atomic mass is 10.0. The van der Waals surface area contributed by atoms with E-state index in [4.69, 9.17) is 0 Å². The maximum Gasteiger partial charge on any atom is 0.254 e. The molecule has 1 aliphatic heterocycles. The number of hydrogen-bond acceptors (Lipinski definition) is 3. The van der Waals surface area contributed by atoms with Gasteiger partial charge in [0.05, 0.1) is 5.69 Å². The third kappa shape index (κ3) is 2.09. The molecular formula is C11H17N3O. The summed E-state index contributed by atoms with van der Waals surface area (Å²) in [5.74, 6) is 0.817. The fourth-order valence-electron chi connectivity index (χ4n) is 1.96. The normalized spacial score (nSPS) is 20.0. The highest BCUT2D eigenvalue weighted by atomic mass is 16.1. The maximum absolute atomic E-state index is 11.8. The Labute approximate surface area is 89.1 Å². The highest BCUT2D eigenvalue weighted by Gasteiger charge is 2.19. The van der Waals surface area contributed by atoms with Crippen LogP contribution in [0.2, 0.25) is 0 Å². The molecule has 4 heteroatoms. The van der Waals surface area contributed by atoms with Crippen LogP contribution in [0.5, 0.6) is 0 Å². The molecule has 1 unspecified atom stereocenters. The van der Waals surface area contributed by atoms with Crippen LogP contribution < -0.4 is 10.9 Å². The first-order valence-electron chi connectivity index (χ1n) is 5.55. The molecule has 0 aliphatic carbocycles. The van der Waals surface area contributed by atoms with Gasteiger partial charge >= 0.3 is 0 Å². The van der Waals surface area contributed by atoms with Gasteiger partial charge < -0.3 is 10.3 Å². The number of hydrogen-bond donors (Lipinski definition) is 2. The number of H-pyrrole nitrogens is 1. The highest BCUT2D eigenvalue weighted by molar-refractivity contribution is 5.21. The smallest absolute Gasteiger partial charge is 0.254 e. The molecule has 15 heavy (non-hydrogen) atoms. The van der Waals surface area contributed by atoms with Crippen LogP contribution >= 0.6 is 0 Å². The Kier molecular flexibility index (Phi) is 2.86. The van der Waals surface area contributed by atoms with Crippen molar-refractivity contribution in [1.82, 2.24) is 15.3 Å². The summed E-state index contributed by atoms with van der Waals surface area (Å²) in [7, 11) is 0. The van der Waals surface area contributed by atoms with Crippen LogP contribution in [0.1, 0.15) is 37.4 Å². The zero-order chi connectivity index (χ0) is 10.8. The minimum absolute atomic E-state index is 0.0526. The van der Waals surface area contributed by atoms with E-state index < -0.39 is 0 Å². The van der Waals surface area contributed by atoms with Gasteiger partial charge in [0.25, 0.3) is 5.56 Å². The summed E-state index contributed by atoms with van der Waals surface area (Å²) < 4.78 is 0. The molecule has 2 N–H and O–H groups in total. The highest BCUT2D eigenvalue weighted by Crippen LogP contribution is 2.10. The summed E-state index contributed by atoms with van der Waals surface area (Å²) in [5.41, 5.74) is 1.85. The topological polar surface area (TPSA) is 57.8 Å². The van der Waals surface area contributed by atoms with Crippen molar-refractivity contribution in [3.8, 4) is 0 Å². The van der Waals surface area contributed by atoms with Crippen LogP contribution in [0, 0.1) is 0 Å². The molecular weight excluding hydrogens is 190 g/mol. The summed E-state index contributed by atoms with van der Waals surface area (Å²) in [6, 6.07) is 0.373. The number of rotatable bonds is 2. The fraction of sp³-hybridized carbons (Fsp3) is 0.636. The molecule has 0 spiro atoms. The summed E-state index contributed by atoms with van der Waals surface area (Å²) in [6.45, 7) is 4.89. The third-order valence-corrected chi connectivity index (χ3v) is 2.77. The first kappa shape index (κ1) is 10.4. The van der Waals surface area contributed by atoms with E-state index in [2.05, 4.69) is 29.1 Å². The Morgan fingerprint density at radius 3 is 3.07 bits per heavy atom. The second-order valence-corrected chi connectivity index (χ2v) is 4.17. The fourth-order valence-corrected chi connectivity index (χ4v) is 1.96. The number of fused-ring (bicyclic) bond motifs is 1. The van der Waals surface area contributed by atoms with Crippen molar-refractivity contribution in [3.63, 3.8) is 0 Å². The lowest BCUT2D eigenvalue weighted by Crippen LogP contribution is -2.38. The van der Waals surface area contributed by atoms with E-state index in [0.717, 1.165) is 42.9 Å². The van der Waals surface area contributed by atoms with E-state index in [0.29, 0.717) is 6.04 Å². The number of aromatic nitrogens is 2. The van der Waals surface area contributed by atoms with Crippen molar-refractivity contribution in [2.45, 2.75) is 45.7 Å². The van der Waals surface area contributed by atoms with Crippen LogP contribution in [0.4, 0.5) is 0 Å². The number of nitrogens with one attached hydrogen (secondary N) is 2. The molecule has 0 amide bonds. The molecule has 0 bridgehead atoms. The molecule has 1 aromatic rings. The van der Waals surface area contributed by atoms with Gasteiger partial charge in [0, 0.05) is 24.6 Å². The van der Waals surface area contributed by atoms with Crippen LogP contribution in [-0.2, 0) is 19.4 Å². The van der Waals surface area contributed by atoms with E-state index in [1.807, 2.05) is 0 Å². The quantitative estimate of drug-likeness (QED) is 0.752. The summed E-state index contributed by atoms with van der Waals surface area (Å²) in [6.07, 6.45) is 2.63. The van der Waals surface area contributed by atoms with Crippen LogP contribution in [0.3, 0.4) is 0 Å². The van der Waals surface area contributed by atoms with E-state index in [9.17, 15) is 4.79 Å². The van der Waals surface area contributed by atoms with Crippen molar-refractivity contribution in [1.29, 1.82) is 0 Å². The van der Waals surface area contributed by atoms with E-state index in [1.54, 1.807) is 0 Å². The average Bonchev–Trinajstić information content (AvgIpc) is 2.20. The molecule has 0 aromatic carbocycles. The van der Waals surface area contributed by atoms with Gasteiger partial charge in [-0.1, -0.05) is 6.92 Å². The Morgan fingerprint density at radius 2 is 2.33 bits per heavy atom. The molecule has 0 saturated heterocycles. The van der Waals surface area contributed by atoms with Crippen molar-refractivity contribution in [3.05, 3.63) is 27.4 Å². The average molecular weight is 207 g/mol. The summed E-state index contributed by atoms with van der Waals surface area (Å²) >= 11 is 0. The molecule has 0 fully saturated rings. The van der Waals surface area contributed by atoms with Gasteiger partial charge in [-0.05, 0) is 19.8 Å². The van der Waals surface area contributed by atoms with Gasteiger partial charge in [0.15, 0.2) is 0 Å². The minimum atomic E-state index is 0.0526. The van der Waals surface area contributed by atoms with Gasteiger partial charge in [-0.15, -0.1) is 0 Å². The van der Waals surface area contributed by atoms with Crippen molar-refractivity contribution >= 4 is 0 Å². The summed E-state index contributed by atoms with van der Waals surface area (Å²) in [5, 5.41) is 3.32. The number of nitrogens with zero attached hydrogens (tertiary/aromatic N) is 1. The third-order valence-electron chi connectivity index (χ3n) is 2.77. The Bertz CT molecular complexity index is 411. The van der Waals surface area contributed by atoms with Crippen molar-refractivity contribution < 1.29 is 0 Å². The van der Waals surface area contributed by atoms with Crippen molar-refractivity contribution in [2.75, 3.05) is 0 Å². The Balaban J connectivity index is 2.39. The first-order chi connectivity index (χ1) is 7.20. The molecule has 82 valence electrons. The zero-order valence-corrected chi connectivity index (χ0v) is 9.26. The lowest BCUT2D eigenvalue weighted by Gasteiger charge is -2.21. The Morgan fingerprint density at radius 1 is 1.53 bits per heavy atom.